The number of hydrogen-bond donors (Lipinski definition) is 2. The SMILES string of the molecule is CCCCCCCCCC/C=N/N(OC(C)=O)C(=N)N. The summed E-state index contributed by atoms with van der Waals surface area (Å²) in [6.45, 7) is 3.46. The largest absolute Gasteiger partial charge is 0.366 e. The molecule has 0 amide bonds. The predicted molar refractivity (Wildman–Crippen MR) is 81.2 cm³/mol. The van der Waals surface area contributed by atoms with Crippen molar-refractivity contribution in [3.8, 4) is 0 Å². The van der Waals surface area contributed by atoms with Gasteiger partial charge in [-0.05, 0) is 12.8 Å². The van der Waals surface area contributed by atoms with Gasteiger partial charge in [-0.15, -0.1) is 5.10 Å². The Balaban J connectivity index is 3.58. The Bertz CT molecular complexity index is 306. The zero-order chi connectivity index (χ0) is 15.2. The fourth-order valence-corrected chi connectivity index (χ4v) is 1.76. The number of rotatable bonds is 10. The van der Waals surface area contributed by atoms with E-state index >= 15 is 0 Å². The van der Waals surface area contributed by atoms with Crippen LogP contribution in [0.2, 0.25) is 0 Å². The molecule has 3 N–H and O–H groups in total. The van der Waals surface area contributed by atoms with Gasteiger partial charge in [0.25, 0.3) is 0 Å². The Morgan fingerprint density at radius 3 is 2.25 bits per heavy atom. The third-order valence-electron chi connectivity index (χ3n) is 2.79. The molecule has 0 aromatic heterocycles. The number of carbonyl (C=O) groups is 1. The van der Waals surface area contributed by atoms with Gasteiger partial charge in [-0.25, -0.2) is 4.79 Å². The molecule has 0 aliphatic rings. The third-order valence-corrected chi connectivity index (χ3v) is 2.79. The summed E-state index contributed by atoms with van der Waals surface area (Å²) in [6, 6.07) is 0. The zero-order valence-electron chi connectivity index (χ0n) is 12.7. The monoisotopic (exact) mass is 284 g/mol. The van der Waals surface area contributed by atoms with E-state index in [-0.39, 0.29) is 0 Å². The van der Waals surface area contributed by atoms with E-state index in [4.69, 9.17) is 11.1 Å². The minimum Gasteiger partial charge on any atom is -0.366 e. The standard InChI is InChI=1S/C14H28N4O2/c1-3-4-5-6-7-8-9-10-11-12-17-18(14(15)16)20-13(2)19/h12H,3-11H2,1-2H3,(H3,15,16)/b17-12+. The Morgan fingerprint density at radius 1 is 1.20 bits per heavy atom. The van der Waals surface area contributed by atoms with Crippen molar-refractivity contribution >= 4 is 18.1 Å². The van der Waals surface area contributed by atoms with Gasteiger partial charge >= 0.3 is 5.97 Å². The normalized spacial score (nSPS) is 10.7. The van der Waals surface area contributed by atoms with Crippen LogP contribution in [0, 0.1) is 5.41 Å². The van der Waals surface area contributed by atoms with Crippen LogP contribution in [0.1, 0.15) is 71.6 Å². The van der Waals surface area contributed by atoms with Crippen LogP contribution in [-0.4, -0.2) is 23.3 Å². The van der Waals surface area contributed by atoms with Crippen molar-refractivity contribution in [2.45, 2.75) is 71.6 Å². The maximum atomic E-state index is 10.8. The summed E-state index contributed by atoms with van der Waals surface area (Å²) in [7, 11) is 0. The molecule has 0 bridgehead atoms. The van der Waals surface area contributed by atoms with Crippen LogP contribution in [0.3, 0.4) is 0 Å². The molecular weight excluding hydrogens is 256 g/mol. The van der Waals surface area contributed by atoms with Crippen molar-refractivity contribution in [2.75, 3.05) is 0 Å². The maximum absolute atomic E-state index is 10.8. The number of nitrogens with zero attached hydrogens (tertiary/aromatic N) is 2. The van der Waals surface area contributed by atoms with Crippen molar-refractivity contribution in [2.24, 2.45) is 10.8 Å². The van der Waals surface area contributed by atoms with E-state index in [0.717, 1.165) is 18.0 Å². The smallest absolute Gasteiger partial charge is 0.332 e. The number of carbonyl (C=O) groups excluding carboxylic acids is 1. The summed E-state index contributed by atoms with van der Waals surface area (Å²) in [5, 5.41) is 11.8. The zero-order valence-corrected chi connectivity index (χ0v) is 12.7. The van der Waals surface area contributed by atoms with Gasteiger partial charge in [0.2, 0.25) is 5.96 Å². The quantitative estimate of drug-likeness (QED) is 0.279. The van der Waals surface area contributed by atoms with Crippen LogP contribution in [0.4, 0.5) is 0 Å². The van der Waals surface area contributed by atoms with Gasteiger partial charge in [-0.1, -0.05) is 57.0 Å². The lowest BCUT2D eigenvalue weighted by Crippen LogP contribution is -2.33. The summed E-state index contributed by atoms with van der Waals surface area (Å²) in [4.78, 5) is 15.4. The predicted octanol–water partition coefficient (Wildman–Crippen LogP) is 3.18. The number of hydroxylamine groups is 1. The first-order valence-electron chi connectivity index (χ1n) is 7.43. The van der Waals surface area contributed by atoms with Gasteiger partial charge in [-0.3, -0.25) is 5.41 Å². The van der Waals surface area contributed by atoms with Crippen molar-refractivity contribution in [1.29, 1.82) is 5.41 Å². The third kappa shape index (κ3) is 11.5. The van der Waals surface area contributed by atoms with E-state index in [2.05, 4.69) is 16.9 Å². The fourth-order valence-electron chi connectivity index (χ4n) is 1.76. The second-order valence-electron chi connectivity index (χ2n) is 4.80. The molecule has 0 saturated heterocycles. The molecule has 0 atom stereocenters. The molecule has 0 radical (unpaired) electrons. The van der Waals surface area contributed by atoms with Crippen LogP contribution in [0.15, 0.2) is 5.10 Å². The first-order chi connectivity index (χ1) is 9.57. The van der Waals surface area contributed by atoms with E-state index < -0.39 is 11.9 Å². The molecule has 6 nitrogen and oxygen atoms in total. The first-order valence-corrected chi connectivity index (χ1v) is 7.43. The van der Waals surface area contributed by atoms with Crippen molar-refractivity contribution < 1.29 is 9.63 Å². The second kappa shape index (κ2) is 12.4. The number of guanidine groups is 1. The maximum Gasteiger partial charge on any atom is 0.332 e. The van der Waals surface area contributed by atoms with Crippen LogP contribution in [0.25, 0.3) is 0 Å². The topological polar surface area (TPSA) is 91.8 Å². The molecule has 0 heterocycles. The number of hydrazone groups is 1. The highest BCUT2D eigenvalue weighted by Crippen LogP contribution is 2.09. The molecule has 0 aromatic rings. The van der Waals surface area contributed by atoms with Crippen LogP contribution in [0.5, 0.6) is 0 Å². The summed E-state index contributed by atoms with van der Waals surface area (Å²) in [5.41, 5.74) is 5.22. The molecule has 0 aromatic carbocycles. The molecule has 0 unspecified atom stereocenters. The lowest BCUT2D eigenvalue weighted by atomic mass is 10.1. The van der Waals surface area contributed by atoms with Gasteiger partial charge < -0.3 is 10.6 Å². The van der Waals surface area contributed by atoms with Crippen molar-refractivity contribution in [1.82, 2.24) is 5.17 Å². The fraction of sp³-hybridized carbons (Fsp3) is 0.786. The highest BCUT2D eigenvalue weighted by molar-refractivity contribution is 5.76. The molecule has 6 heteroatoms. The summed E-state index contributed by atoms with van der Waals surface area (Å²) >= 11 is 0. The molecular formula is C14H28N4O2. The number of nitrogens with one attached hydrogen (secondary N) is 1. The van der Waals surface area contributed by atoms with E-state index in [1.165, 1.54) is 51.9 Å². The Labute approximate surface area is 121 Å². The van der Waals surface area contributed by atoms with E-state index in [9.17, 15) is 4.79 Å². The molecule has 0 aliphatic heterocycles. The lowest BCUT2D eigenvalue weighted by molar-refractivity contribution is -0.170. The van der Waals surface area contributed by atoms with Gasteiger partial charge in [0.1, 0.15) is 0 Å². The molecule has 0 spiro atoms. The summed E-state index contributed by atoms with van der Waals surface area (Å²) in [6.07, 6.45) is 12.5. The van der Waals surface area contributed by atoms with E-state index in [1.807, 2.05) is 0 Å². The second-order valence-corrected chi connectivity index (χ2v) is 4.80. The van der Waals surface area contributed by atoms with Crippen LogP contribution < -0.4 is 5.73 Å². The summed E-state index contributed by atoms with van der Waals surface area (Å²) < 4.78 is 0. The Hall–Kier alpha value is -1.59. The van der Waals surface area contributed by atoms with Crippen molar-refractivity contribution in [3.63, 3.8) is 0 Å². The average molecular weight is 284 g/mol. The molecule has 0 aliphatic carbocycles. The summed E-state index contributed by atoms with van der Waals surface area (Å²) in [5.74, 6) is -0.961. The first kappa shape index (κ1) is 18.4. The Kier molecular flexibility index (Phi) is 11.5. The number of nitrogens with two attached hydrogens (primary N) is 1. The molecule has 0 saturated carbocycles. The van der Waals surface area contributed by atoms with Gasteiger partial charge in [0.15, 0.2) is 0 Å². The Morgan fingerprint density at radius 2 is 1.75 bits per heavy atom. The van der Waals surface area contributed by atoms with Crippen LogP contribution >= 0.6 is 0 Å². The van der Waals surface area contributed by atoms with Crippen molar-refractivity contribution in [3.05, 3.63) is 0 Å². The molecule has 20 heavy (non-hydrogen) atoms. The highest BCUT2D eigenvalue weighted by Gasteiger charge is 2.07. The number of unbranched alkanes of at least 4 members (excludes halogenated alkanes) is 8. The number of hydrogen-bond acceptors (Lipinski definition) is 4. The van der Waals surface area contributed by atoms with Gasteiger partial charge in [0, 0.05) is 13.1 Å². The van der Waals surface area contributed by atoms with Crippen LogP contribution in [-0.2, 0) is 9.63 Å². The highest BCUT2D eigenvalue weighted by atomic mass is 16.7. The molecule has 116 valence electrons. The minimum absolute atomic E-state index is 0.410. The molecule has 0 rings (SSSR count). The average Bonchev–Trinajstić information content (AvgIpc) is 2.39. The van der Waals surface area contributed by atoms with E-state index in [1.54, 1.807) is 6.21 Å². The van der Waals surface area contributed by atoms with Gasteiger partial charge in [-0.2, -0.15) is 0 Å². The lowest BCUT2D eigenvalue weighted by Gasteiger charge is -2.13. The van der Waals surface area contributed by atoms with E-state index in [0.29, 0.717) is 0 Å². The molecule has 0 fully saturated rings. The van der Waals surface area contributed by atoms with Gasteiger partial charge in [0.05, 0.1) is 0 Å². The minimum atomic E-state index is -0.551.